The SMILES string of the molecule is Cc1cccc(C(CNC(=O)C(C)CN)N2CCOCC2)c1. The fourth-order valence-corrected chi connectivity index (χ4v) is 2.70. The van der Waals surface area contributed by atoms with Crippen molar-refractivity contribution in [1.82, 2.24) is 10.2 Å². The molecule has 1 aliphatic rings. The van der Waals surface area contributed by atoms with Crippen LogP contribution in [0.4, 0.5) is 0 Å². The molecule has 1 heterocycles. The van der Waals surface area contributed by atoms with Crippen LogP contribution in [0.3, 0.4) is 0 Å². The average molecular weight is 305 g/mol. The van der Waals surface area contributed by atoms with E-state index in [4.69, 9.17) is 10.5 Å². The summed E-state index contributed by atoms with van der Waals surface area (Å²) in [5.41, 5.74) is 8.04. The zero-order chi connectivity index (χ0) is 15.9. The summed E-state index contributed by atoms with van der Waals surface area (Å²) in [6.45, 7) is 8.19. The fourth-order valence-electron chi connectivity index (χ4n) is 2.70. The van der Waals surface area contributed by atoms with Crippen LogP contribution in [-0.2, 0) is 9.53 Å². The first-order valence-corrected chi connectivity index (χ1v) is 7.98. The summed E-state index contributed by atoms with van der Waals surface area (Å²) in [6.07, 6.45) is 0. The van der Waals surface area contributed by atoms with Gasteiger partial charge in [0.1, 0.15) is 0 Å². The molecule has 1 amide bonds. The van der Waals surface area contributed by atoms with Gasteiger partial charge in [-0.1, -0.05) is 36.8 Å². The van der Waals surface area contributed by atoms with Crippen LogP contribution < -0.4 is 11.1 Å². The minimum Gasteiger partial charge on any atom is -0.379 e. The van der Waals surface area contributed by atoms with E-state index in [0.717, 1.165) is 26.3 Å². The van der Waals surface area contributed by atoms with Crippen LogP contribution in [0.5, 0.6) is 0 Å². The van der Waals surface area contributed by atoms with Gasteiger partial charge in [-0.15, -0.1) is 0 Å². The molecular weight excluding hydrogens is 278 g/mol. The predicted octanol–water partition coefficient (Wildman–Crippen LogP) is 1.08. The molecule has 1 aliphatic heterocycles. The zero-order valence-electron chi connectivity index (χ0n) is 13.5. The Bertz CT molecular complexity index is 487. The normalized spacial score (nSPS) is 18.7. The highest BCUT2D eigenvalue weighted by Crippen LogP contribution is 2.22. The van der Waals surface area contributed by atoms with Crippen molar-refractivity contribution in [3.05, 3.63) is 35.4 Å². The molecule has 122 valence electrons. The summed E-state index contributed by atoms with van der Waals surface area (Å²) >= 11 is 0. The average Bonchev–Trinajstić information content (AvgIpc) is 2.55. The van der Waals surface area contributed by atoms with E-state index in [-0.39, 0.29) is 17.9 Å². The number of amides is 1. The van der Waals surface area contributed by atoms with Crippen LogP contribution in [0, 0.1) is 12.8 Å². The van der Waals surface area contributed by atoms with Crippen molar-refractivity contribution >= 4 is 5.91 Å². The summed E-state index contributed by atoms with van der Waals surface area (Å²) in [4.78, 5) is 14.4. The molecule has 0 aliphatic carbocycles. The Morgan fingerprint density at radius 3 is 2.77 bits per heavy atom. The molecule has 5 heteroatoms. The maximum absolute atomic E-state index is 12.0. The van der Waals surface area contributed by atoms with Crippen molar-refractivity contribution < 1.29 is 9.53 Å². The first-order valence-electron chi connectivity index (χ1n) is 7.98. The standard InChI is InChI=1S/C17H27N3O2/c1-13-4-3-5-15(10-13)16(20-6-8-22-9-7-20)12-19-17(21)14(2)11-18/h3-5,10,14,16H,6-9,11-12,18H2,1-2H3,(H,19,21). The molecule has 0 bridgehead atoms. The third kappa shape index (κ3) is 4.53. The number of carbonyl (C=O) groups is 1. The summed E-state index contributed by atoms with van der Waals surface area (Å²) in [5, 5.41) is 3.05. The van der Waals surface area contributed by atoms with Gasteiger partial charge in [-0.3, -0.25) is 9.69 Å². The number of carbonyl (C=O) groups excluding carboxylic acids is 1. The van der Waals surface area contributed by atoms with Crippen LogP contribution in [-0.4, -0.2) is 50.2 Å². The molecule has 0 saturated carbocycles. The molecule has 2 atom stereocenters. The monoisotopic (exact) mass is 305 g/mol. The van der Waals surface area contributed by atoms with Gasteiger partial charge in [0, 0.05) is 32.1 Å². The number of morpholine rings is 1. The predicted molar refractivity (Wildman–Crippen MR) is 87.5 cm³/mol. The molecule has 0 spiro atoms. The summed E-state index contributed by atoms with van der Waals surface area (Å²) in [5.74, 6) is -0.128. The quantitative estimate of drug-likeness (QED) is 0.825. The maximum Gasteiger partial charge on any atom is 0.224 e. The Balaban J connectivity index is 2.09. The highest BCUT2D eigenvalue weighted by atomic mass is 16.5. The van der Waals surface area contributed by atoms with E-state index in [1.54, 1.807) is 0 Å². The van der Waals surface area contributed by atoms with E-state index >= 15 is 0 Å². The minimum absolute atomic E-state index is 0.0217. The van der Waals surface area contributed by atoms with Gasteiger partial charge in [-0.2, -0.15) is 0 Å². The van der Waals surface area contributed by atoms with Gasteiger partial charge in [0.2, 0.25) is 5.91 Å². The number of aryl methyl sites for hydroxylation is 1. The lowest BCUT2D eigenvalue weighted by molar-refractivity contribution is -0.124. The van der Waals surface area contributed by atoms with E-state index in [9.17, 15) is 4.79 Å². The smallest absolute Gasteiger partial charge is 0.224 e. The second-order valence-electron chi connectivity index (χ2n) is 5.96. The van der Waals surface area contributed by atoms with Crippen molar-refractivity contribution in [3.63, 3.8) is 0 Å². The third-order valence-corrected chi connectivity index (χ3v) is 4.18. The van der Waals surface area contributed by atoms with E-state index in [1.807, 2.05) is 6.92 Å². The number of hydrogen-bond donors (Lipinski definition) is 2. The molecule has 0 radical (unpaired) electrons. The van der Waals surface area contributed by atoms with Crippen molar-refractivity contribution in [3.8, 4) is 0 Å². The number of nitrogens with two attached hydrogens (primary N) is 1. The number of hydrogen-bond acceptors (Lipinski definition) is 4. The van der Waals surface area contributed by atoms with Crippen molar-refractivity contribution in [2.45, 2.75) is 19.9 Å². The molecule has 2 rings (SSSR count). The summed E-state index contributed by atoms with van der Waals surface area (Å²) in [7, 11) is 0. The van der Waals surface area contributed by atoms with Crippen LogP contribution in [0.25, 0.3) is 0 Å². The molecule has 1 aromatic carbocycles. The Labute approximate surface area is 132 Å². The Morgan fingerprint density at radius 1 is 1.41 bits per heavy atom. The zero-order valence-corrected chi connectivity index (χ0v) is 13.5. The van der Waals surface area contributed by atoms with Gasteiger partial charge < -0.3 is 15.8 Å². The topological polar surface area (TPSA) is 67.6 Å². The van der Waals surface area contributed by atoms with Crippen molar-refractivity contribution in [2.24, 2.45) is 11.7 Å². The second-order valence-corrected chi connectivity index (χ2v) is 5.96. The number of nitrogens with one attached hydrogen (secondary N) is 1. The van der Waals surface area contributed by atoms with Gasteiger partial charge in [-0.25, -0.2) is 0 Å². The van der Waals surface area contributed by atoms with Gasteiger partial charge in [0.25, 0.3) is 0 Å². The highest BCUT2D eigenvalue weighted by Gasteiger charge is 2.24. The van der Waals surface area contributed by atoms with E-state index < -0.39 is 0 Å². The first-order chi connectivity index (χ1) is 10.6. The van der Waals surface area contributed by atoms with E-state index in [1.165, 1.54) is 11.1 Å². The van der Waals surface area contributed by atoms with Crippen LogP contribution >= 0.6 is 0 Å². The molecule has 22 heavy (non-hydrogen) atoms. The molecule has 2 unspecified atom stereocenters. The Kier molecular flexibility index (Phi) is 6.36. The lowest BCUT2D eigenvalue weighted by atomic mass is 10.0. The van der Waals surface area contributed by atoms with Crippen molar-refractivity contribution in [1.29, 1.82) is 0 Å². The third-order valence-electron chi connectivity index (χ3n) is 4.18. The largest absolute Gasteiger partial charge is 0.379 e. The van der Waals surface area contributed by atoms with Gasteiger partial charge in [-0.05, 0) is 12.5 Å². The van der Waals surface area contributed by atoms with Gasteiger partial charge >= 0.3 is 0 Å². The molecule has 1 aromatic rings. The highest BCUT2D eigenvalue weighted by molar-refractivity contribution is 5.78. The summed E-state index contributed by atoms with van der Waals surface area (Å²) < 4.78 is 5.45. The number of rotatable bonds is 6. The van der Waals surface area contributed by atoms with Crippen LogP contribution in [0.15, 0.2) is 24.3 Å². The van der Waals surface area contributed by atoms with Crippen LogP contribution in [0.2, 0.25) is 0 Å². The molecule has 1 saturated heterocycles. The number of nitrogens with zero attached hydrogens (tertiary/aromatic N) is 1. The minimum atomic E-state index is -0.150. The molecule has 5 nitrogen and oxygen atoms in total. The number of benzene rings is 1. The van der Waals surface area contributed by atoms with E-state index in [2.05, 4.69) is 41.4 Å². The molecule has 0 aromatic heterocycles. The van der Waals surface area contributed by atoms with E-state index in [0.29, 0.717) is 13.1 Å². The maximum atomic E-state index is 12.0. The summed E-state index contributed by atoms with van der Waals surface area (Å²) in [6, 6.07) is 8.67. The van der Waals surface area contributed by atoms with Crippen molar-refractivity contribution in [2.75, 3.05) is 39.4 Å². The molecule has 3 N–H and O–H groups in total. The number of ether oxygens (including phenoxy) is 1. The lowest BCUT2D eigenvalue weighted by Crippen LogP contribution is -2.45. The Morgan fingerprint density at radius 2 is 2.14 bits per heavy atom. The molecular formula is C17H27N3O2. The second kappa shape index (κ2) is 8.27. The Hall–Kier alpha value is -1.43. The lowest BCUT2D eigenvalue weighted by Gasteiger charge is -2.35. The van der Waals surface area contributed by atoms with Crippen LogP contribution in [0.1, 0.15) is 24.1 Å². The van der Waals surface area contributed by atoms with Gasteiger partial charge in [0.15, 0.2) is 0 Å². The first kappa shape index (κ1) is 16.9. The van der Waals surface area contributed by atoms with Gasteiger partial charge in [0.05, 0.1) is 19.3 Å². The fraction of sp³-hybridized carbons (Fsp3) is 0.588. The molecule has 1 fully saturated rings.